The van der Waals surface area contributed by atoms with E-state index in [1.54, 1.807) is 0 Å². The minimum atomic E-state index is -2.87. The van der Waals surface area contributed by atoms with E-state index in [4.69, 9.17) is 4.74 Å². The highest BCUT2D eigenvalue weighted by atomic mass is 32.2. The monoisotopic (exact) mass is 203 g/mol. The quantitative estimate of drug-likeness (QED) is 0.688. The summed E-state index contributed by atoms with van der Waals surface area (Å²) in [5.74, 6) is 0.795. The molecule has 5 nitrogen and oxygen atoms in total. The number of hydrogen-bond acceptors (Lipinski definition) is 5. The Balaban J connectivity index is 1.99. The number of ether oxygens (including phenoxy) is 1. The second kappa shape index (κ2) is 3.02. The van der Waals surface area contributed by atoms with Crippen LogP contribution < -0.4 is 4.74 Å². The molecule has 1 aliphatic heterocycles. The summed E-state index contributed by atoms with van der Waals surface area (Å²) in [6, 6.07) is 0. The molecule has 13 heavy (non-hydrogen) atoms. The van der Waals surface area contributed by atoms with Crippen molar-refractivity contribution in [1.82, 2.24) is 5.16 Å². The lowest BCUT2D eigenvalue weighted by atomic mass is 10.3. The Morgan fingerprint density at radius 2 is 2.46 bits per heavy atom. The van der Waals surface area contributed by atoms with Crippen LogP contribution in [0.25, 0.3) is 0 Å². The molecule has 1 aromatic rings. The average molecular weight is 203 g/mol. The van der Waals surface area contributed by atoms with E-state index >= 15 is 0 Å². The molecule has 0 saturated carbocycles. The van der Waals surface area contributed by atoms with Crippen LogP contribution in [0.5, 0.6) is 5.75 Å². The van der Waals surface area contributed by atoms with E-state index in [9.17, 15) is 8.42 Å². The summed E-state index contributed by atoms with van der Waals surface area (Å²) < 4.78 is 32.0. The van der Waals surface area contributed by atoms with Crippen LogP contribution >= 0.6 is 0 Å². The summed E-state index contributed by atoms with van der Waals surface area (Å²) in [6.45, 7) is 0. The second-order valence-corrected chi connectivity index (χ2v) is 5.23. The number of sulfone groups is 1. The van der Waals surface area contributed by atoms with Crippen molar-refractivity contribution in [1.29, 1.82) is 0 Å². The average Bonchev–Trinajstić information content (AvgIpc) is 2.61. The lowest BCUT2D eigenvalue weighted by Crippen LogP contribution is -2.17. The van der Waals surface area contributed by atoms with Crippen LogP contribution in [0.1, 0.15) is 6.42 Å². The van der Waals surface area contributed by atoms with Crippen molar-refractivity contribution in [2.24, 2.45) is 0 Å². The Hall–Kier alpha value is -1.04. The molecule has 2 rings (SSSR count). The topological polar surface area (TPSA) is 69.4 Å². The van der Waals surface area contributed by atoms with Gasteiger partial charge in [0.1, 0.15) is 12.3 Å². The van der Waals surface area contributed by atoms with Gasteiger partial charge in [-0.25, -0.2) is 8.42 Å². The van der Waals surface area contributed by atoms with Crippen LogP contribution in [0.3, 0.4) is 0 Å². The van der Waals surface area contributed by atoms with Crippen molar-refractivity contribution in [2.75, 3.05) is 11.5 Å². The Kier molecular flexibility index (Phi) is 1.99. The fourth-order valence-corrected chi connectivity index (χ4v) is 2.89. The molecule has 0 aromatic carbocycles. The normalized spacial score (nSPS) is 26.0. The first-order chi connectivity index (χ1) is 6.16. The van der Waals surface area contributed by atoms with Crippen molar-refractivity contribution < 1.29 is 17.7 Å². The van der Waals surface area contributed by atoms with Gasteiger partial charge < -0.3 is 9.26 Å². The summed E-state index contributed by atoms with van der Waals surface area (Å²) in [7, 11) is -2.87. The van der Waals surface area contributed by atoms with Crippen molar-refractivity contribution in [3.8, 4) is 5.75 Å². The molecular formula is C7H9NO4S. The Morgan fingerprint density at radius 3 is 3.00 bits per heavy atom. The summed E-state index contributed by atoms with van der Waals surface area (Å²) in [5.41, 5.74) is 0. The van der Waals surface area contributed by atoms with E-state index in [0.29, 0.717) is 12.2 Å². The van der Waals surface area contributed by atoms with Crippen LogP contribution in [0.2, 0.25) is 0 Å². The van der Waals surface area contributed by atoms with Crippen LogP contribution in [0.15, 0.2) is 17.0 Å². The summed E-state index contributed by atoms with van der Waals surface area (Å²) >= 11 is 0. The van der Waals surface area contributed by atoms with E-state index in [0.717, 1.165) is 0 Å². The first kappa shape index (κ1) is 8.55. The van der Waals surface area contributed by atoms with Crippen LogP contribution in [-0.2, 0) is 9.84 Å². The SMILES string of the molecule is O=S1(=O)CCC(Oc2cnoc2)C1. The van der Waals surface area contributed by atoms with Gasteiger partial charge in [0, 0.05) is 0 Å². The molecule has 0 N–H and O–H groups in total. The van der Waals surface area contributed by atoms with Gasteiger partial charge in [0.2, 0.25) is 0 Å². The largest absolute Gasteiger partial charge is 0.484 e. The zero-order valence-electron chi connectivity index (χ0n) is 6.84. The minimum absolute atomic E-state index is 0.0954. The highest BCUT2D eigenvalue weighted by Crippen LogP contribution is 2.18. The predicted octanol–water partition coefficient (Wildman–Crippen LogP) is 0.241. The minimum Gasteiger partial charge on any atom is -0.484 e. The molecule has 1 aromatic heterocycles. The number of nitrogens with zero attached hydrogens (tertiary/aromatic N) is 1. The van der Waals surface area contributed by atoms with Crippen LogP contribution in [0, 0.1) is 0 Å². The van der Waals surface area contributed by atoms with E-state index < -0.39 is 9.84 Å². The molecule has 72 valence electrons. The van der Waals surface area contributed by atoms with Gasteiger partial charge >= 0.3 is 0 Å². The molecule has 0 bridgehead atoms. The fraction of sp³-hybridized carbons (Fsp3) is 0.571. The van der Waals surface area contributed by atoms with Gasteiger partial charge in [0.05, 0.1) is 11.5 Å². The lowest BCUT2D eigenvalue weighted by molar-refractivity contribution is 0.226. The third kappa shape index (κ3) is 2.00. The molecule has 1 unspecified atom stereocenters. The fourth-order valence-electron chi connectivity index (χ4n) is 1.30. The van der Waals surface area contributed by atoms with Gasteiger partial charge in [0.25, 0.3) is 0 Å². The van der Waals surface area contributed by atoms with Crippen molar-refractivity contribution in [3.05, 3.63) is 12.5 Å². The third-order valence-electron chi connectivity index (χ3n) is 1.90. The lowest BCUT2D eigenvalue weighted by Gasteiger charge is -2.07. The molecule has 1 atom stereocenters. The highest BCUT2D eigenvalue weighted by Gasteiger charge is 2.29. The standard InChI is InChI=1S/C7H9NO4S/c9-13(10)2-1-6(5-13)12-7-3-8-11-4-7/h3-4,6H,1-2,5H2. The number of rotatable bonds is 2. The van der Waals surface area contributed by atoms with Gasteiger partial charge in [-0.1, -0.05) is 5.16 Å². The van der Waals surface area contributed by atoms with Gasteiger partial charge in [-0.05, 0) is 6.42 Å². The van der Waals surface area contributed by atoms with Crippen molar-refractivity contribution in [3.63, 3.8) is 0 Å². The molecule has 1 saturated heterocycles. The van der Waals surface area contributed by atoms with Crippen molar-refractivity contribution in [2.45, 2.75) is 12.5 Å². The smallest absolute Gasteiger partial charge is 0.179 e. The Labute approximate surface area is 75.6 Å². The maximum absolute atomic E-state index is 11.1. The third-order valence-corrected chi connectivity index (χ3v) is 3.64. The molecule has 2 heterocycles. The number of hydrogen-bond donors (Lipinski definition) is 0. The summed E-state index contributed by atoms with van der Waals surface area (Å²) in [5, 5.41) is 3.45. The van der Waals surface area contributed by atoms with Gasteiger partial charge in [-0.15, -0.1) is 0 Å². The van der Waals surface area contributed by atoms with Gasteiger partial charge in [0.15, 0.2) is 21.8 Å². The summed E-state index contributed by atoms with van der Waals surface area (Å²) in [6.07, 6.45) is 3.08. The Morgan fingerprint density at radius 1 is 1.62 bits per heavy atom. The van der Waals surface area contributed by atoms with E-state index in [-0.39, 0.29) is 17.6 Å². The highest BCUT2D eigenvalue weighted by molar-refractivity contribution is 7.91. The van der Waals surface area contributed by atoms with Gasteiger partial charge in [-0.2, -0.15) is 0 Å². The van der Waals surface area contributed by atoms with Crippen LogP contribution in [0.4, 0.5) is 0 Å². The molecule has 0 amide bonds. The first-order valence-corrected chi connectivity index (χ1v) is 5.74. The van der Waals surface area contributed by atoms with E-state index in [1.807, 2.05) is 0 Å². The molecular weight excluding hydrogens is 194 g/mol. The first-order valence-electron chi connectivity index (χ1n) is 3.92. The maximum atomic E-state index is 11.1. The molecule has 0 radical (unpaired) electrons. The predicted molar refractivity (Wildman–Crippen MR) is 44.2 cm³/mol. The molecule has 6 heteroatoms. The van der Waals surface area contributed by atoms with Gasteiger partial charge in [-0.3, -0.25) is 0 Å². The zero-order valence-corrected chi connectivity index (χ0v) is 7.66. The number of aromatic nitrogens is 1. The maximum Gasteiger partial charge on any atom is 0.179 e. The Bertz CT molecular complexity index is 369. The molecule has 1 aliphatic rings. The molecule has 0 aliphatic carbocycles. The van der Waals surface area contributed by atoms with Crippen LogP contribution in [-0.4, -0.2) is 31.2 Å². The summed E-state index contributed by atoms with van der Waals surface area (Å²) in [4.78, 5) is 0. The zero-order chi connectivity index (χ0) is 9.31. The van der Waals surface area contributed by atoms with Crippen molar-refractivity contribution >= 4 is 9.84 Å². The van der Waals surface area contributed by atoms with E-state index in [2.05, 4.69) is 9.68 Å². The van der Waals surface area contributed by atoms with E-state index in [1.165, 1.54) is 12.5 Å². The molecule has 0 spiro atoms. The second-order valence-electron chi connectivity index (χ2n) is 3.00. The molecule has 1 fully saturated rings.